The molecule has 0 spiro atoms. The van der Waals surface area contributed by atoms with E-state index in [1.165, 1.54) is 12.1 Å². The van der Waals surface area contributed by atoms with Crippen LogP contribution >= 0.6 is 0 Å². The second-order valence-electron chi connectivity index (χ2n) is 7.19. The van der Waals surface area contributed by atoms with Gasteiger partial charge >= 0.3 is 5.97 Å². The fourth-order valence-electron chi connectivity index (χ4n) is 3.39. The summed E-state index contributed by atoms with van der Waals surface area (Å²) in [7, 11) is 0. The van der Waals surface area contributed by atoms with Crippen LogP contribution in [-0.2, 0) is 11.3 Å². The van der Waals surface area contributed by atoms with Gasteiger partial charge in [-0.15, -0.1) is 0 Å². The maximum absolute atomic E-state index is 12.9. The average Bonchev–Trinajstić information content (AvgIpc) is 2.84. The number of benzene rings is 3. The number of anilines is 1. The molecule has 4 rings (SSSR count). The fraction of sp³-hybridized carbons (Fsp3) is 0.208. The number of hydrogen-bond acceptors (Lipinski definition) is 7. The number of rotatable bonds is 7. The predicted octanol–water partition coefficient (Wildman–Crippen LogP) is 4.23. The van der Waals surface area contributed by atoms with Gasteiger partial charge in [0, 0.05) is 25.2 Å². The Morgan fingerprint density at radius 2 is 1.66 bits per heavy atom. The van der Waals surface area contributed by atoms with Crippen molar-refractivity contribution in [2.45, 2.75) is 6.61 Å². The van der Waals surface area contributed by atoms with Gasteiger partial charge in [0.1, 0.15) is 18.1 Å². The molecule has 1 fully saturated rings. The minimum Gasteiger partial charge on any atom is -0.489 e. The van der Waals surface area contributed by atoms with Crippen LogP contribution in [0.1, 0.15) is 15.9 Å². The van der Waals surface area contributed by atoms with Gasteiger partial charge in [-0.1, -0.05) is 30.3 Å². The summed E-state index contributed by atoms with van der Waals surface area (Å²) in [5.41, 5.74) is 1.61. The summed E-state index contributed by atoms with van der Waals surface area (Å²) in [5.74, 6) is 0.299. The lowest BCUT2D eigenvalue weighted by atomic mass is 10.1. The molecule has 0 aliphatic carbocycles. The van der Waals surface area contributed by atoms with Gasteiger partial charge in [0.25, 0.3) is 5.69 Å². The van der Waals surface area contributed by atoms with E-state index >= 15 is 0 Å². The van der Waals surface area contributed by atoms with E-state index in [4.69, 9.17) is 14.2 Å². The smallest absolute Gasteiger partial charge is 0.345 e. The topological polar surface area (TPSA) is 91.1 Å². The van der Waals surface area contributed by atoms with E-state index in [0.29, 0.717) is 50.1 Å². The molecule has 0 radical (unpaired) electrons. The number of ether oxygens (including phenoxy) is 3. The lowest BCUT2D eigenvalue weighted by Crippen LogP contribution is -2.37. The monoisotopic (exact) mass is 434 g/mol. The summed E-state index contributed by atoms with van der Waals surface area (Å²) in [6.07, 6.45) is 0. The molecule has 0 atom stereocenters. The van der Waals surface area contributed by atoms with Crippen molar-refractivity contribution in [1.82, 2.24) is 0 Å². The van der Waals surface area contributed by atoms with Crippen LogP contribution in [0, 0.1) is 10.1 Å². The molecule has 1 saturated heterocycles. The van der Waals surface area contributed by atoms with E-state index in [9.17, 15) is 14.9 Å². The van der Waals surface area contributed by atoms with E-state index in [2.05, 4.69) is 0 Å². The summed E-state index contributed by atoms with van der Waals surface area (Å²) in [4.78, 5) is 25.6. The number of nitrogens with zero attached hydrogens (tertiary/aromatic N) is 2. The van der Waals surface area contributed by atoms with Crippen molar-refractivity contribution in [2.24, 2.45) is 0 Å². The zero-order valence-corrected chi connectivity index (χ0v) is 17.3. The molecular formula is C24H22N2O6. The highest BCUT2D eigenvalue weighted by Crippen LogP contribution is 2.28. The lowest BCUT2D eigenvalue weighted by Gasteiger charge is -2.30. The predicted molar refractivity (Wildman–Crippen MR) is 118 cm³/mol. The zero-order valence-electron chi connectivity index (χ0n) is 17.3. The summed E-state index contributed by atoms with van der Waals surface area (Å²) < 4.78 is 16.6. The third kappa shape index (κ3) is 5.22. The molecule has 164 valence electrons. The van der Waals surface area contributed by atoms with E-state index in [-0.39, 0.29) is 11.3 Å². The number of nitro benzene ring substituents is 1. The van der Waals surface area contributed by atoms with E-state index in [1.807, 2.05) is 35.2 Å². The zero-order chi connectivity index (χ0) is 22.3. The molecule has 0 saturated carbocycles. The van der Waals surface area contributed by atoms with Crippen LogP contribution in [0.2, 0.25) is 0 Å². The van der Waals surface area contributed by atoms with Crippen LogP contribution in [0.4, 0.5) is 11.4 Å². The molecule has 0 N–H and O–H groups in total. The van der Waals surface area contributed by atoms with Gasteiger partial charge in [0.05, 0.1) is 29.4 Å². The Bertz CT molecular complexity index is 1080. The highest BCUT2D eigenvalue weighted by Gasteiger charge is 2.23. The Labute approximate surface area is 185 Å². The average molecular weight is 434 g/mol. The van der Waals surface area contributed by atoms with Gasteiger partial charge < -0.3 is 19.1 Å². The maximum atomic E-state index is 12.9. The molecule has 3 aromatic carbocycles. The molecule has 0 bridgehead atoms. The number of carbonyl (C=O) groups excluding carboxylic acids is 1. The number of nitro groups is 1. The number of hydrogen-bond donors (Lipinski definition) is 0. The Morgan fingerprint density at radius 3 is 2.34 bits per heavy atom. The van der Waals surface area contributed by atoms with E-state index in [1.54, 1.807) is 30.3 Å². The van der Waals surface area contributed by atoms with E-state index < -0.39 is 10.9 Å². The number of carbonyl (C=O) groups is 1. The molecule has 0 amide bonds. The minimum absolute atomic E-state index is 0.144. The molecule has 8 nitrogen and oxygen atoms in total. The molecule has 0 aromatic heterocycles. The Morgan fingerprint density at radius 1 is 0.969 bits per heavy atom. The molecule has 32 heavy (non-hydrogen) atoms. The normalized spacial score (nSPS) is 13.4. The van der Waals surface area contributed by atoms with Crippen molar-refractivity contribution in [1.29, 1.82) is 0 Å². The summed E-state index contributed by atoms with van der Waals surface area (Å²) in [6, 6.07) is 20.7. The van der Waals surface area contributed by atoms with Gasteiger partial charge in [0.15, 0.2) is 0 Å². The Kier molecular flexibility index (Phi) is 6.62. The first-order valence-electron chi connectivity index (χ1n) is 10.2. The van der Waals surface area contributed by atoms with Crippen LogP contribution < -0.4 is 14.4 Å². The molecular weight excluding hydrogens is 412 g/mol. The molecule has 0 unspecified atom stereocenters. The Hall–Kier alpha value is -3.91. The van der Waals surface area contributed by atoms with Gasteiger partial charge in [-0.2, -0.15) is 0 Å². The third-order valence-corrected chi connectivity index (χ3v) is 5.05. The van der Waals surface area contributed by atoms with Crippen molar-refractivity contribution in [3.63, 3.8) is 0 Å². The molecule has 3 aromatic rings. The SMILES string of the molecule is O=C(Oc1ccc(OCc2ccccc2)cc1)c1cc([N+](=O)[O-])ccc1N1CCOCC1. The summed E-state index contributed by atoms with van der Waals surface area (Å²) >= 11 is 0. The van der Waals surface area contributed by atoms with Crippen LogP contribution in [0.5, 0.6) is 11.5 Å². The largest absolute Gasteiger partial charge is 0.489 e. The van der Waals surface area contributed by atoms with Crippen molar-refractivity contribution in [2.75, 3.05) is 31.2 Å². The standard InChI is InChI=1S/C24H22N2O6/c27-24(22-16-19(26(28)29)6-11-23(22)25-12-14-30-15-13-25)32-21-9-7-20(8-10-21)31-17-18-4-2-1-3-5-18/h1-11,16H,12-15,17H2. The molecule has 1 heterocycles. The van der Waals surface area contributed by atoms with Gasteiger partial charge in [-0.3, -0.25) is 10.1 Å². The van der Waals surface area contributed by atoms with Gasteiger partial charge in [-0.25, -0.2) is 4.79 Å². The molecule has 1 aliphatic rings. The highest BCUT2D eigenvalue weighted by molar-refractivity contribution is 5.98. The van der Waals surface area contributed by atoms with Crippen molar-refractivity contribution >= 4 is 17.3 Å². The maximum Gasteiger partial charge on any atom is 0.345 e. The van der Waals surface area contributed by atoms with Crippen molar-refractivity contribution < 1.29 is 23.9 Å². The second kappa shape index (κ2) is 9.93. The Balaban J connectivity index is 1.47. The van der Waals surface area contributed by atoms with Gasteiger partial charge in [-0.05, 0) is 35.9 Å². The first kappa shape index (κ1) is 21.3. The molecule has 1 aliphatic heterocycles. The lowest BCUT2D eigenvalue weighted by molar-refractivity contribution is -0.384. The fourth-order valence-corrected chi connectivity index (χ4v) is 3.39. The van der Waals surface area contributed by atoms with Crippen LogP contribution in [-0.4, -0.2) is 37.2 Å². The summed E-state index contributed by atoms with van der Waals surface area (Å²) in [6.45, 7) is 2.65. The van der Waals surface area contributed by atoms with Crippen LogP contribution in [0.25, 0.3) is 0 Å². The second-order valence-corrected chi connectivity index (χ2v) is 7.19. The third-order valence-electron chi connectivity index (χ3n) is 5.05. The van der Waals surface area contributed by atoms with E-state index in [0.717, 1.165) is 5.56 Å². The van der Waals surface area contributed by atoms with Gasteiger partial charge in [0.2, 0.25) is 0 Å². The highest BCUT2D eigenvalue weighted by atomic mass is 16.6. The number of esters is 1. The van der Waals surface area contributed by atoms with Crippen LogP contribution in [0.3, 0.4) is 0 Å². The van der Waals surface area contributed by atoms with Crippen molar-refractivity contribution in [3.05, 3.63) is 94.0 Å². The first-order valence-corrected chi connectivity index (χ1v) is 10.2. The van der Waals surface area contributed by atoms with Crippen LogP contribution in [0.15, 0.2) is 72.8 Å². The number of non-ortho nitro benzene ring substituents is 1. The van der Waals surface area contributed by atoms with Crippen molar-refractivity contribution in [3.8, 4) is 11.5 Å². The minimum atomic E-state index is -0.659. The quantitative estimate of drug-likeness (QED) is 0.238. The molecule has 8 heteroatoms. The first-order chi connectivity index (χ1) is 15.6. The number of morpholine rings is 1. The summed E-state index contributed by atoms with van der Waals surface area (Å²) in [5, 5.41) is 11.2.